The van der Waals surface area contributed by atoms with Crippen LogP contribution >= 0.6 is 11.3 Å². The van der Waals surface area contributed by atoms with Gasteiger partial charge in [0.25, 0.3) is 0 Å². The number of ether oxygens (including phenoxy) is 1. The third-order valence-electron chi connectivity index (χ3n) is 3.35. The molecule has 1 aromatic heterocycles. The summed E-state index contributed by atoms with van der Waals surface area (Å²) in [7, 11) is 0. The van der Waals surface area contributed by atoms with Gasteiger partial charge in [0.1, 0.15) is 18.2 Å². The quantitative estimate of drug-likeness (QED) is 0.773. The molecule has 1 N–H and O–H groups in total. The monoisotopic (exact) mass is 286 g/mol. The highest BCUT2D eigenvalue weighted by Gasteiger charge is 2.24. The van der Waals surface area contributed by atoms with Crippen molar-refractivity contribution in [3.63, 3.8) is 0 Å². The molecule has 100 valence electrons. The predicted molar refractivity (Wildman–Crippen MR) is 77.9 cm³/mol. The average molecular weight is 286 g/mol. The van der Waals surface area contributed by atoms with E-state index in [1.54, 1.807) is 6.07 Å². The molecule has 2 heterocycles. The number of fused-ring (bicyclic) bond motifs is 2. The number of halogens is 1. The van der Waals surface area contributed by atoms with E-state index in [4.69, 9.17) is 4.74 Å². The van der Waals surface area contributed by atoms with Gasteiger partial charge in [0.2, 0.25) is 0 Å². The summed E-state index contributed by atoms with van der Waals surface area (Å²) in [6.45, 7) is 0.587. The van der Waals surface area contributed by atoms with Gasteiger partial charge in [-0.2, -0.15) is 0 Å². The molecule has 20 heavy (non-hydrogen) atoms. The van der Waals surface area contributed by atoms with Gasteiger partial charge in [-0.15, -0.1) is 0 Å². The Hall–Kier alpha value is -2.14. The maximum Gasteiger partial charge on any atom is 0.184 e. The van der Waals surface area contributed by atoms with E-state index in [2.05, 4.69) is 10.3 Å². The van der Waals surface area contributed by atoms with Crippen LogP contribution in [0.2, 0.25) is 0 Å². The molecule has 3 nitrogen and oxygen atoms in total. The summed E-state index contributed by atoms with van der Waals surface area (Å²) in [5.74, 6) is 0.654. The first-order chi connectivity index (χ1) is 9.79. The Labute approximate surface area is 119 Å². The molecule has 0 amide bonds. The Morgan fingerprint density at radius 3 is 3.10 bits per heavy atom. The standard InChI is InChI=1S/C15H11FN2OS/c16-9-5-6-14-11(7-9)17-15(20-14)18-12-8-19-13-4-2-1-3-10(12)13/h1-7,12H,8H2,(H,17,18). The molecule has 0 bridgehead atoms. The first kappa shape index (κ1) is 11.7. The van der Waals surface area contributed by atoms with Crippen LogP contribution in [-0.4, -0.2) is 11.6 Å². The highest BCUT2D eigenvalue weighted by Crippen LogP contribution is 2.36. The molecule has 1 aliphatic heterocycles. The minimum absolute atomic E-state index is 0.0941. The average Bonchev–Trinajstić information content (AvgIpc) is 3.03. The van der Waals surface area contributed by atoms with Crippen LogP contribution < -0.4 is 10.1 Å². The van der Waals surface area contributed by atoms with Crippen LogP contribution in [0.5, 0.6) is 5.75 Å². The molecule has 0 fully saturated rings. The number of anilines is 1. The number of rotatable bonds is 2. The maximum atomic E-state index is 13.2. The molecule has 0 saturated carbocycles. The lowest BCUT2D eigenvalue weighted by molar-refractivity contribution is 0.340. The van der Waals surface area contributed by atoms with Gasteiger partial charge in [0.15, 0.2) is 5.13 Å². The Bertz CT molecular complexity index is 786. The van der Waals surface area contributed by atoms with Crippen molar-refractivity contribution in [2.24, 2.45) is 0 Å². The smallest absolute Gasteiger partial charge is 0.184 e. The Morgan fingerprint density at radius 1 is 1.25 bits per heavy atom. The van der Waals surface area contributed by atoms with Crippen LogP contribution in [0.4, 0.5) is 9.52 Å². The van der Waals surface area contributed by atoms with Crippen LogP contribution in [0.3, 0.4) is 0 Å². The van der Waals surface area contributed by atoms with Crippen LogP contribution in [0.1, 0.15) is 11.6 Å². The van der Waals surface area contributed by atoms with Crippen molar-refractivity contribution in [3.8, 4) is 5.75 Å². The number of hydrogen-bond acceptors (Lipinski definition) is 4. The normalized spacial score (nSPS) is 16.9. The summed E-state index contributed by atoms with van der Waals surface area (Å²) in [5, 5.41) is 4.15. The molecule has 4 rings (SSSR count). The van der Waals surface area contributed by atoms with E-state index in [0.717, 1.165) is 21.1 Å². The van der Waals surface area contributed by atoms with Gasteiger partial charge in [-0.25, -0.2) is 9.37 Å². The van der Waals surface area contributed by atoms with Gasteiger partial charge in [-0.1, -0.05) is 29.5 Å². The van der Waals surface area contributed by atoms with Crippen molar-refractivity contribution in [2.45, 2.75) is 6.04 Å². The summed E-state index contributed by atoms with van der Waals surface area (Å²) in [6.07, 6.45) is 0. The van der Waals surface area contributed by atoms with E-state index in [9.17, 15) is 4.39 Å². The molecular formula is C15H11FN2OS. The molecule has 2 aromatic carbocycles. The SMILES string of the molecule is Fc1ccc2sc(NC3COc4ccccc43)nc2c1. The fourth-order valence-corrected chi connectivity index (χ4v) is 3.29. The van der Waals surface area contributed by atoms with Gasteiger partial charge >= 0.3 is 0 Å². The summed E-state index contributed by atoms with van der Waals surface area (Å²) in [6, 6.07) is 12.7. The topological polar surface area (TPSA) is 34.1 Å². The number of aromatic nitrogens is 1. The second-order valence-corrected chi connectivity index (χ2v) is 5.71. The van der Waals surface area contributed by atoms with E-state index >= 15 is 0 Å². The summed E-state index contributed by atoms with van der Waals surface area (Å²) in [5.41, 5.74) is 1.82. The van der Waals surface area contributed by atoms with Crippen molar-refractivity contribution in [3.05, 3.63) is 53.8 Å². The van der Waals surface area contributed by atoms with Crippen molar-refractivity contribution in [2.75, 3.05) is 11.9 Å². The zero-order valence-electron chi connectivity index (χ0n) is 10.5. The van der Waals surface area contributed by atoms with E-state index in [0.29, 0.717) is 12.1 Å². The van der Waals surface area contributed by atoms with E-state index < -0.39 is 0 Å². The lowest BCUT2D eigenvalue weighted by atomic mass is 10.1. The fourth-order valence-electron chi connectivity index (χ4n) is 2.39. The van der Waals surface area contributed by atoms with Crippen molar-refractivity contribution in [1.29, 1.82) is 0 Å². The van der Waals surface area contributed by atoms with Crippen LogP contribution in [-0.2, 0) is 0 Å². The fraction of sp³-hybridized carbons (Fsp3) is 0.133. The van der Waals surface area contributed by atoms with Crippen LogP contribution in [0.25, 0.3) is 10.2 Å². The zero-order chi connectivity index (χ0) is 13.5. The molecule has 0 saturated heterocycles. The molecule has 1 unspecified atom stereocenters. The van der Waals surface area contributed by atoms with Crippen molar-refractivity contribution >= 4 is 26.7 Å². The minimum Gasteiger partial charge on any atom is -0.491 e. The summed E-state index contributed by atoms with van der Waals surface area (Å²) in [4.78, 5) is 4.42. The number of para-hydroxylation sites is 1. The lowest BCUT2D eigenvalue weighted by Crippen LogP contribution is -2.11. The molecule has 5 heteroatoms. The van der Waals surface area contributed by atoms with E-state index in [1.807, 2.05) is 24.3 Å². The van der Waals surface area contributed by atoms with Gasteiger partial charge in [-0.3, -0.25) is 0 Å². The van der Waals surface area contributed by atoms with Gasteiger partial charge < -0.3 is 10.1 Å². The Kier molecular flexibility index (Phi) is 2.60. The van der Waals surface area contributed by atoms with Gasteiger partial charge in [0.05, 0.1) is 16.3 Å². The van der Waals surface area contributed by atoms with Crippen molar-refractivity contribution < 1.29 is 9.13 Å². The second-order valence-electron chi connectivity index (χ2n) is 4.68. The van der Waals surface area contributed by atoms with E-state index in [-0.39, 0.29) is 11.9 Å². The van der Waals surface area contributed by atoms with Crippen LogP contribution in [0, 0.1) is 5.82 Å². The number of benzene rings is 2. The molecule has 3 aromatic rings. The maximum absolute atomic E-state index is 13.2. The van der Waals surface area contributed by atoms with E-state index in [1.165, 1.54) is 23.5 Å². The Morgan fingerprint density at radius 2 is 2.15 bits per heavy atom. The molecule has 0 spiro atoms. The van der Waals surface area contributed by atoms with Gasteiger partial charge in [-0.05, 0) is 18.2 Å². The predicted octanol–water partition coefficient (Wildman–Crippen LogP) is 3.98. The third kappa shape index (κ3) is 1.91. The second kappa shape index (κ2) is 4.45. The molecule has 1 atom stereocenters. The van der Waals surface area contributed by atoms with Crippen LogP contribution in [0.15, 0.2) is 42.5 Å². The summed E-state index contributed by atoms with van der Waals surface area (Å²) < 4.78 is 19.8. The first-order valence-electron chi connectivity index (χ1n) is 6.34. The zero-order valence-corrected chi connectivity index (χ0v) is 11.3. The van der Waals surface area contributed by atoms with Gasteiger partial charge in [0, 0.05) is 11.6 Å². The Balaban J connectivity index is 1.65. The largest absolute Gasteiger partial charge is 0.491 e. The summed E-state index contributed by atoms with van der Waals surface area (Å²) >= 11 is 1.52. The lowest BCUT2D eigenvalue weighted by Gasteiger charge is -2.09. The molecule has 0 aliphatic carbocycles. The number of nitrogens with zero attached hydrogens (tertiary/aromatic N) is 1. The minimum atomic E-state index is -0.260. The first-order valence-corrected chi connectivity index (χ1v) is 7.15. The third-order valence-corrected chi connectivity index (χ3v) is 4.31. The number of nitrogens with one attached hydrogen (secondary N) is 1. The number of thiazole rings is 1. The highest BCUT2D eigenvalue weighted by atomic mass is 32.1. The highest BCUT2D eigenvalue weighted by molar-refractivity contribution is 7.22. The molecule has 1 aliphatic rings. The number of hydrogen-bond donors (Lipinski definition) is 1. The van der Waals surface area contributed by atoms with Crippen molar-refractivity contribution in [1.82, 2.24) is 4.98 Å². The molecular weight excluding hydrogens is 275 g/mol. The molecule has 0 radical (unpaired) electrons.